The van der Waals surface area contributed by atoms with Gasteiger partial charge in [0.25, 0.3) is 0 Å². The standard InChI is InChI=1S/C19H27BO2/c1-11-7-12(2)16(13(3)8-11)20-21-17-15-9-14(18(15,4)5)10-19(17,6)22-20/h7-8,14-15,17H,9-10H2,1-6H3. The molecule has 0 spiro atoms. The Hall–Kier alpha value is -0.795. The van der Waals surface area contributed by atoms with E-state index in [0.717, 1.165) is 12.3 Å². The van der Waals surface area contributed by atoms with Gasteiger partial charge in [-0.05, 0) is 63.3 Å². The first-order chi connectivity index (χ1) is 10.2. The van der Waals surface area contributed by atoms with Crippen molar-refractivity contribution in [1.29, 1.82) is 0 Å². The van der Waals surface area contributed by atoms with E-state index in [1.807, 2.05) is 0 Å². The van der Waals surface area contributed by atoms with E-state index >= 15 is 0 Å². The van der Waals surface area contributed by atoms with E-state index in [0.29, 0.717) is 11.3 Å². The molecule has 3 saturated carbocycles. The summed E-state index contributed by atoms with van der Waals surface area (Å²) >= 11 is 0. The highest BCUT2D eigenvalue weighted by molar-refractivity contribution is 6.63. The predicted octanol–water partition coefficient (Wildman–Crippen LogP) is 3.55. The molecule has 1 heterocycles. The van der Waals surface area contributed by atoms with Crippen LogP contribution < -0.4 is 5.46 Å². The van der Waals surface area contributed by atoms with E-state index in [1.165, 1.54) is 28.6 Å². The van der Waals surface area contributed by atoms with Gasteiger partial charge in [-0.15, -0.1) is 0 Å². The molecular weight excluding hydrogens is 271 g/mol. The molecule has 4 fully saturated rings. The average Bonchev–Trinajstić information content (AvgIpc) is 2.73. The summed E-state index contributed by atoms with van der Waals surface area (Å²) in [6.07, 6.45) is 2.70. The van der Waals surface area contributed by atoms with E-state index in [4.69, 9.17) is 9.31 Å². The van der Waals surface area contributed by atoms with Gasteiger partial charge >= 0.3 is 7.12 Å². The van der Waals surface area contributed by atoms with Crippen molar-refractivity contribution in [3.8, 4) is 0 Å². The molecule has 1 aromatic rings. The van der Waals surface area contributed by atoms with E-state index in [2.05, 4.69) is 53.7 Å². The van der Waals surface area contributed by atoms with Crippen LogP contribution in [0.3, 0.4) is 0 Å². The fourth-order valence-corrected chi connectivity index (χ4v) is 5.40. The minimum Gasteiger partial charge on any atom is -0.401 e. The molecule has 1 aliphatic heterocycles. The molecule has 0 aromatic heterocycles. The van der Waals surface area contributed by atoms with E-state index in [1.54, 1.807) is 0 Å². The molecule has 22 heavy (non-hydrogen) atoms. The predicted molar refractivity (Wildman–Crippen MR) is 90.4 cm³/mol. The molecular formula is C19H27BO2. The van der Waals surface area contributed by atoms with Crippen LogP contribution in [0.2, 0.25) is 0 Å². The van der Waals surface area contributed by atoms with Crippen LogP contribution in [0.1, 0.15) is 50.3 Å². The van der Waals surface area contributed by atoms with E-state index in [-0.39, 0.29) is 18.8 Å². The van der Waals surface area contributed by atoms with Crippen molar-refractivity contribution in [3.05, 3.63) is 28.8 Å². The van der Waals surface area contributed by atoms with Crippen molar-refractivity contribution in [1.82, 2.24) is 0 Å². The van der Waals surface area contributed by atoms with Crippen molar-refractivity contribution in [2.75, 3.05) is 0 Å². The Morgan fingerprint density at radius 2 is 1.73 bits per heavy atom. The van der Waals surface area contributed by atoms with Gasteiger partial charge in [0.05, 0.1) is 11.7 Å². The first-order valence-corrected chi connectivity index (χ1v) is 8.63. The van der Waals surface area contributed by atoms with Crippen molar-refractivity contribution in [2.24, 2.45) is 17.3 Å². The largest absolute Gasteiger partial charge is 0.495 e. The Labute approximate surface area is 134 Å². The highest BCUT2D eigenvalue weighted by atomic mass is 16.7. The summed E-state index contributed by atoms with van der Waals surface area (Å²) < 4.78 is 13.0. The normalized spacial score (nSPS) is 38.6. The highest BCUT2D eigenvalue weighted by Crippen LogP contribution is 2.64. The first-order valence-electron chi connectivity index (χ1n) is 8.63. The second kappa shape index (κ2) is 4.39. The second-order valence-corrected chi connectivity index (χ2v) is 8.70. The van der Waals surface area contributed by atoms with Crippen LogP contribution in [0, 0.1) is 38.0 Å². The topological polar surface area (TPSA) is 18.5 Å². The Kier molecular flexibility index (Phi) is 2.95. The zero-order valence-electron chi connectivity index (χ0n) is 14.7. The maximum absolute atomic E-state index is 6.52. The van der Waals surface area contributed by atoms with Gasteiger partial charge in [-0.3, -0.25) is 0 Å². The number of benzene rings is 1. The van der Waals surface area contributed by atoms with Gasteiger partial charge in [-0.25, -0.2) is 0 Å². The van der Waals surface area contributed by atoms with Crippen LogP contribution in [0.5, 0.6) is 0 Å². The molecule has 1 aromatic carbocycles. The van der Waals surface area contributed by atoms with Crippen LogP contribution in [0.15, 0.2) is 12.1 Å². The maximum atomic E-state index is 6.52. The van der Waals surface area contributed by atoms with Gasteiger partial charge < -0.3 is 9.31 Å². The Morgan fingerprint density at radius 1 is 1.09 bits per heavy atom. The summed E-state index contributed by atoms with van der Waals surface area (Å²) in [5, 5.41) is 0. The smallest absolute Gasteiger partial charge is 0.401 e. The molecule has 0 radical (unpaired) electrons. The summed E-state index contributed by atoms with van der Waals surface area (Å²) in [5.74, 6) is 1.44. The Morgan fingerprint density at radius 3 is 2.32 bits per heavy atom. The molecule has 0 N–H and O–H groups in total. The lowest BCUT2D eigenvalue weighted by Gasteiger charge is -2.63. The first kappa shape index (κ1) is 14.8. The minimum absolute atomic E-state index is 0.0997. The molecule has 2 bridgehead atoms. The summed E-state index contributed by atoms with van der Waals surface area (Å²) in [5.41, 5.74) is 5.45. The SMILES string of the molecule is Cc1cc(C)c(B2OC3C4CC(CC3(C)O2)C4(C)C)c(C)c1. The molecule has 2 nitrogen and oxygen atoms in total. The number of rotatable bonds is 1. The molecule has 4 unspecified atom stereocenters. The second-order valence-electron chi connectivity index (χ2n) is 8.70. The fraction of sp³-hybridized carbons (Fsp3) is 0.684. The Balaban J connectivity index is 1.68. The van der Waals surface area contributed by atoms with Gasteiger partial charge in [0, 0.05) is 0 Å². The van der Waals surface area contributed by atoms with Crippen molar-refractivity contribution in [3.63, 3.8) is 0 Å². The van der Waals surface area contributed by atoms with Crippen LogP contribution in [0.4, 0.5) is 0 Å². The lowest BCUT2D eigenvalue weighted by Crippen LogP contribution is -2.63. The minimum atomic E-state index is -0.189. The lowest BCUT2D eigenvalue weighted by molar-refractivity contribution is -0.185. The molecule has 1 saturated heterocycles. The van der Waals surface area contributed by atoms with Crippen molar-refractivity contribution < 1.29 is 9.31 Å². The third-order valence-corrected chi connectivity index (χ3v) is 6.79. The van der Waals surface area contributed by atoms with Gasteiger partial charge in [0.15, 0.2) is 0 Å². The third-order valence-electron chi connectivity index (χ3n) is 6.79. The van der Waals surface area contributed by atoms with Gasteiger partial charge in [0.2, 0.25) is 0 Å². The fourth-order valence-electron chi connectivity index (χ4n) is 5.40. The summed E-state index contributed by atoms with van der Waals surface area (Å²) in [6, 6.07) is 4.48. The molecule has 5 rings (SSSR count). The van der Waals surface area contributed by atoms with Gasteiger partial charge in [0.1, 0.15) is 0 Å². The van der Waals surface area contributed by atoms with Crippen LogP contribution in [-0.2, 0) is 9.31 Å². The zero-order valence-corrected chi connectivity index (χ0v) is 14.7. The van der Waals surface area contributed by atoms with Gasteiger partial charge in [-0.1, -0.05) is 42.7 Å². The van der Waals surface area contributed by atoms with Crippen molar-refractivity contribution >= 4 is 12.6 Å². The van der Waals surface area contributed by atoms with Crippen LogP contribution in [-0.4, -0.2) is 18.8 Å². The summed E-state index contributed by atoms with van der Waals surface area (Å²) in [7, 11) is -0.189. The quantitative estimate of drug-likeness (QED) is 0.738. The molecule has 3 aliphatic carbocycles. The lowest BCUT2D eigenvalue weighted by atomic mass is 9.45. The molecule has 3 heteroatoms. The molecule has 4 aliphatic rings. The van der Waals surface area contributed by atoms with E-state index in [9.17, 15) is 0 Å². The maximum Gasteiger partial charge on any atom is 0.495 e. The molecule has 0 amide bonds. The third kappa shape index (κ3) is 1.82. The summed E-state index contributed by atoms with van der Waals surface area (Å²) in [6.45, 7) is 13.6. The zero-order chi connectivity index (χ0) is 15.9. The average molecular weight is 298 g/mol. The Bertz CT molecular complexity index is 615. The van der Waals surface area contributed by atoms with Crippen LogP contribution >= 0.6 is 0 Å². The number of hydrogen-bond acceptors (Lipinski definition) is 2. The number of aryl methyl sites for hydroxylation is 3. The van der Waals surface area contributed by atoms with Gasteiger partial charge in [-0.2, -0.15) is 0 Å². The van der Waals surface area contributed by atoms with E-state index < -0.39 is 0 Å². The van der Waals surface area contributed by atoms with Crippen LogP contribution in [0.25, 0.3) is 0 Å². The van der Waals surface area contributed by atoms with Crippen molar-refractivity contribution in [2.45, 2.75) is 66.1 Å². The summed E-state index contributed by atoms with van der Waals surface area (Å²) in [4.78, 5) is 0. The number of hydrogen-bond donors (Lipinski definition) is 0. The molecule has 4 atom stereocenters. The highest BCUT2D eigenvalue weighted by Gasteiger charge is 2.66. The molecule has 118 valence electrons. The monoisotopic (exact) mass is 298 g/mol.